The highest BCUT2D eigenvalue weighted by atomic mass is 14.0. The number of terminal acetylenes is 1. The van der Waals surface area contributed by atoms with E-state index in [0.717, 1.165) is 12.8 Å². The van der Waals surface area contributed by atoms with E-state index in [-0.39, 0.29) is 0 Å². The summed E-state index contributed by atoms with van der Waals surface area (Å²) < 4.78 is 0. The lowest BCUT2D eigenvalue weighted by Crippen LogP contribution is -1.86. The number of hydrogen-bond donors (Lipinski definition) is 0. The Bertz CT molecular complexity index is 523. The van der Waals surface area contributed by atoms with Gasteiger partial charge in [0.05, 0.1) is 0 Å². The van der Waals surface area contributed by atoms with Crippen molar-refractivity contribution in [2.45, 2.75) is 61.3 Å². The topological polar surface area (TPSA) is 0 Å². The van der Waals surface area contributed by atoms with Crippen molar-refractivity contribution in [1.29, 1.82) is 0 Å². The maximum atomic E-state index is 5.18. The van der Waals surface area contributed by atoms with Gasteiger partial charge in [-0.1, -0.05) is 76.2 Å². The van der Waals surface area contributed by atoms with E-state index in [1.54, 1.807) is 0 Å². The SMILES string of the molecule is C#CCCc1ccccc1C.CC.CC.Cc1ccccc1C. The van der Waals surface area contributed by atoms with Crippen LogP contribution in [0, 0.1) is 33.1 Å². The van der Waals surface area contributed by atoms with Gasteiger partial charge >= 0.3 is 0 Å². The van der Waals surface area contributed by atoms with Gasteiger partial charge in [-0.15, -0.1) is 12.3 Å². The van der Waals surface area contributed by atoms with Crippen LogP contribution < -0.4 is 0 Å². The molecule has 0 fully saturated rings. The predicted molar refractivity (Wildman–Crippen MR) is 107 cm³/mol. The van der Waals surface area contributed by atoms with E-state index in [1.165, 1.54) is 22.3 Å². The third-order valence-corrected chi connectivity index (χ3v) is 3.23. The van der Waals surface area contributed by atoms with E-state index >= 15 is 0 Å². The van der Waals surface area contributed by atoms with Crippen LogP contribution in [0.3, 0.4) is 0 Å². The van der Waals surface area contributed by atoms with E-state index in [9.17, 15) is 0 Å². The highest BCUT2D eigenvalue weighted by Crippen LogP contribution is 2.08. The largest absolute Gasteiger partial charge is 0.120 e. The summed E-state index contributed by atoms with van der Waals surface area (Å²) in [7, 11) is 0. The van der Waals surface area contributed by atoms with Crippen LogP contribution in [0.25, 0.3) is 0 Å². The smallest absolute Gasteiger partial charge is 0.0127 e. The Morgan fingerprint density at radius 1 is 0.696 bits per heavy atom. The molecule has 126 valence electrons. The summed E-state index contributed by atoms with van der Waals surface area (Å²) in [5.74, 6) is 2.64. The normalized spacial score (nSPS) is 8.09. The van der Waals surface area contributed by atoms with Gasteiger partial charge in [0.25, 0.3) is 0 Å². The molecule has 0 amide bonds. The predicted octanol–water partition coefficient (Wildman–Crippen LogP) is 6.92. The summed E-state index contributed by atoms with van der Waals surface area (Å²) in [6, 6.07) is 16.7. The molecule has 23 heavy (non-hydrogen) atoms. The van der Waals surface area contributed by atoms with Crippen molar-refractivity contribution in [2.75, 3.05) is 0 Å². The monoisotopic (exact) mass is 310 g/mol. The Balaban J connectivity index is 0. The van der Waals surface area contributed by atoms with Crippen LogP contribution in [0.15, 0.2) is 48.5 Å². The molecule has 0 spiro atoms. The summed E-state index contributed by atoms with van der Waals surface area (Å²) in [5.41, 5.74) is 5.44. The second kappa shape index (κ2) is 16.4. The Morgan fingerprint density at radius 3 is 1.43 bits per heavy atom. The van der Waals surface area contributed by atoms with Crippen molar-refractivity contribution in [3.8, 4) is 12.3 Å². The van der Waals surface area contributed by atoms with Crippen LogP contribution in [0.4, 0.5) is 0 Å². The zero-order chi connectivity index (χ0) is 18.1. The first-order valence-electron chi connectivity index (χ1n) is 8.65. The molecule has 0 saturated carbocycles. The van der Waals surface area contributed by atoms with Crippen molar-refractivity contribution < 1.29 is 0 Å². The molecule has 0 heteroatoms. The fraction of sp³-hybridized carbons (Fsp3) is 0.391. The third-order valence-electron chi connectivity index (χ3n) is 3.23. The van der Waals surface area contributed by atoms with E-state index < -0.39 is 0 Å². The molecule has 0 heterocycles. The quantitative estimate of drug-likeness (QED) is 0.528. The van der Waals surface area contributed by atoms with Crippen molar-refractivity contribution >= 4 is 0 Å². The van der Waals surface area contributed by atoms with E-state index in [1.807, 2.05) is 27.7 Å². The molecule has 0 saturated heterocycles. The first-order valence-corrected chi connectivity index (χ1v) is 8.65. The Hall–Kier alpha value is -2.00. The Morgan fingerprint density at radius 2 is 1.09 bits per heavy atom. The minimum Gasteiger partial charge on any atom is -0.120 e. The molecule has 2 aromatic rings. The van der Waals surface area contributed by atoms with Gasteiger partial charge in [0.2, 0.25) is 0 Å². The van der Waals surface area contributed by atoms with Crippen molar-refractivity contribution in [3.05, 3.63) is 70.8 Å². The van der Waals surface area contributed by atoms with Crippen LogP contribution in [-0.2, 0) is 6.42 Å². The summed E-state index contributed by atoms with van der Waals surface area (Å²) in [4.78, 5) is 0. The first kappa shape index (κ1) is 23.3. The van der Waals surface area contributed by atoms with Gasteiger partial charge in [-0.2, -0.15) is 0 Å². The highest BCUT2D eigenvalue weighted by molar-refractivity contribution is 5.26. The van der Waals surface area contributed by atoms with Gasteiger partial charge in [0, 0.05) is 6.42 Å². The van der Waals surface area contributed by atoms with E-state index in [0.29, 0.717) is 0 Å². The number of benzene rings is 2. The Labute approximate surface area is 145 Å². The van der Waals surface area contributed by atoms with Crippen molar-refractivity contribution in [3.63, 3.8) is 0 Å². The minimum atomic E-state index is 0.838. The summed E-state index contributed by atoms with van der Waals surface area (Å²) in [6.07, 6.45) is 7.02. The fourth-order valence-electron chi connectivity index (χ4n) is 1.76. The minimum absolute atomic E-state index is 0.838. The average Bonchev–Trinajstić information content (AvgIpc) is 2.61. The number of hydrogen-bond acceptors (Lipinski definition) is 0. The molecule has 0 N–H and O–H groups in total. The van der Waals surface area contributed by atoms with Crippen molar-refractivity contribution in [2.24, 2.45) is 0 Å². The summed E-state index contributed by atoms with van der Waals surface area (Å²) in [6.45, 7) is 14.4. The van der Waals surface area contributed by atoms with Gasteiger partial charge in [0.15, 0.2) is 0 Å². The molecule has 0 radical (unpaired) electrons. The van der Waals surface area contributed by atoms with E-state index in [4.69, 9.17) is 6.42 Å². The molecule has 0 aliphatic rings. The maximum Gasteiger partial charge on any atom is 0.0127 e. The molecule has 0 aliphatic heterocycles. The molecule has 0 aromatic heterocycles. The van der Waals surface area contributed by atoms with Gasteiger partial charge in [-0.3, -0.25) is 0 Å². The maximum absolute atomic E-state index is 5.18. The molecule has 0 atom stereocenters. The van der Waals surface area contributed by atoms with Crippen LogP contribution in [0.1, 0.15) is 56.4 Å². The molecule has 2 aromatic carbocycles. The summed E-state index contributed by atoms with van der Waals surface area (Å²) in [5, 5.41) is 0. The summed E-state index contributed by atoms with van der Waals surface area (Å²) >= 11 is 0. The Kier molecular flexibility index (Phi) is 16.6. The second-order valence-corrected chi connectivity index (χ2v) is 4.71. The van der Waals surface area contributed by atoms with Crippen LogP contribution in [0.2, 0.25) is 0 Å². The molecule has 0 unspecified atom stereocenters. The van der Waals surface area contributed by atoms with Gasteiger partial charge in [0.1, 0.15) is 0 Å². The lowest BCUT2D eigenvalue weighted by molar-refractivity contribution is 1.01. The lowest BCUT2D eigenvalue weighted by Gasteiger charge is -2.00. The molecule has 0 bridgehead atoms. The second-order valence-electron chi connectivity index (χ2n) is 4.71. The third kappa shape index (κ3) is 11.2. The molecular weight excluding hydrogens is 276 g/mol. The lowest BCUT2D eigenvalue weighted by atomic mass is 10.0. The average molecular weight is 311 g/mol. The van der Waals surface area contributed by atoms with Crippen LogP contribution in [0.5, 0.6) is 0 Å². The molecular formula is C23H34. The standard InChI is InChI=1S/C11H12.C8H10.2C2H6/c1-3-4-8-11-9-6-5-7-10(11)2;1-7-5-3-4-6-8(7)2;2*1-2/h1,5-7,9H,4,8H2,2H3;3-6H,1-2H3;2*1-2H3. The van der Waals surface area contributed by atoms with Crippen LogP contribution in [-0.4, -0.2) is 0 Å². The molecule has 2 rings (SSSR count). The molecule has 0 nitrogen and oxygen atoms in total. The van der Waals surface area contributed by atoms with Gasteiger partial charge in [-0.05, 0) is 49.4 Å². The molecule has 0 aliphatic carbocycles. The van der Waals surface area contributed by atoms with Gasteiger partial charge < -0.3 is 0 Å². The number of rotatable bonds is 2. The highest BCUT2D eigenvalue weighted by Gasteiger charge is 1.93. The fourth-order valence-corrected chi connectivity index (χ4v) is 1.76. The number of aryl methyl sites for hydroxylation is 4. The zero-order valence-electron chi connectivity index (χ0n) is 16.1. The van der Waals surface area contributed by atoms with Gasteiger partial charge in [-0.25, -0.2) is 0 Å². The zero-order valence-corrected chi connectivity index (χ0v) is 16.1. The van der Waals surface area contributed by atoms with Crippen molar-refractivity contribution in [1.82, 2.24) is 0 Å². The first-order chi connectivity index (χ1) is 11.1. The van der Waals surface area contributed by atoms with E-state index in [2.05, 4.69) is 75.2 Å². The van der Waals surface area contributed by atoms with Crippen LogP contribution >= 0.6 is 0 Å².